The molecule has 1 N–H and O–H groups in total. The Kier molecular flexibility index (Phi) is 39.0. The minimum Gasteiger partial charge on any atom is -0.465 e. The molecule has 0 atom stereocenters. The van der Waals surface area contributed by atoms with Crippen LogP contribution in [0.25, 0.3) is 0 Å². The van der Waals surface area contributed by atoms with Crippen molar-refractivity contribution in [3.05, 3.63) is 29.8 Å². The first-order chi connectivity index (χ1) is 32.1. The molecule has 380 valence electrons. The van der Waals surface area contributed by atoms with Gasteiger partial charge in [-0.15, -0.1) is 0 Å². The second-order valence-electron chi connectivity index (χ2n) is 17.6. The Morgan fingerprint density at radius 2 is 0.970 bits per heavy atom. The summed E-state index contributed by atoms with van der Waals surface area (Å²) >= 11 is 0. The molecule has 1 rings (SSSR count). The molecule has 0 radical (unpaired) electrons. The van der Waals surface area contributed by atoms with Gasteiger partial charge in [-0.05, 0) is 50.6 Å². The zero-order chi connectivity index (χ0) is 48.4. The van der Waals surface area contributed by atoms with Crippen LogP contribution < -0.4 is 10.1 Å². The number of esters is 4. The molecule has 14 heteroatoms. The Balaban J connectivity index is 2.54. The summed E-state index contributed by atoms with van der Waals surface area (Å²) in [6.45, 7) is 13.4. The van der Waals surface area contributed by atoms with Crippen LogP contribution >= 0.6 is 21.6 Å². The van der Waals surface area contributed by atoms with Crippen LogP contribution in [0.3, 0.4) is 0 Å². The number of alkyl carbamates (subject to hydrolysis) is 1. The highest BCUT2D eigenvalue weighted by Crippen LogP contribution is 2.25. The van der Waals surface area contributed by atoms with Gasteiger partial charge in [0.1, 0.15) is 37.6 Å². The van der Waals surface area contributed by atoms with E-state index in [2.05, 4.69) is 37.9 Å². The predicted molar refractivity (Wildman–Crippen MR) is 271 cm³/mol. The average Bonchev–Trinajstić information content (AvgIpc) is 3.31. The summed E-state index contributed by atoms with van der Waals surface area (Å²) in [6.07, 6.45) is 26.0. The van der Waals surface area contributed by atoms with Gasteiger partial charge in [0.05, 0.1) is 6.42 Å². The SMILES string of the molecule is CCCCCCCCCCCCCC(=O)OCC(C)(COC(=O)CCCCCCCCCCCCC)C(=O)Oc1ccc(CC(=O)OCCSSCCOC(=O)NCCN(CC)CC)cc1. The Hall–Kier alpha value is -2.97. The zero-order valence-electron chi connectivity index (χ0n) is 41.9. The monoisotopic (exact) mass is 967 g/mol. The van der Waals surface area contributed by atoms with E-state index >= 15 is 0 Å². The third-order valence-corrected chi connectivity index (χ3v) is 13.9. The topological polar surface area (TPSA) is 147 Å². The molecular formula is C52H90N2O10S2. The molecule has 0 heterocycles. The lowest BCUT2D eigenvalue weighted by Gasteiger charge is -2.26. The zero-order valence-corrected chi connectivity index (χ0v) is 43.5. The van der Waals surface area contributed by atoms with Crippen molar-refractivity contribution >= 4 is 51.6 Å². The van der Waals surface area contributed by atoms with E-state index in [1.165, 1.54) is 114 Å². The molecule has 66 heavy (non-hydrogen) atoms. The summed E-state index contributed by atoms with van der Waals surface area (Å²) < 4.78 is 27.6. The number of hydrogen-bond donors (Lipinski definition) is 1. The van der Waals surface area contributed by atoms with Gasteiger partial charge in [0, 0.05) is 37.4 Å². The van der Waals surface area contributed by atoms with Gasteiger partial charge in [-0.2, -0.15) is 0 Å². The van der Waals surface area contributed by atoms with Crippen molar-refractivity contribution in [1.82, 2.24) is 10.2 Å². The number of ether oxygens (including phenoxy) is 5. The van der Waals surface area contributed by atoms with Crippen LogP contribution in [0, 0.1) is 5.41 Å². The van der Waals surface area contributed by atoms with E-state index in [0.29, 0.717) is 30.2 Å². The Labute approximate surface area is 408 Å². The fourth-order valence-electron chi connectivity index (χ4n) is 7.16. The first-order valence-electron chi connectivity index (χ1n) is 25.7. The van der Waals surface area contributed by atoms with Crippen LogP contribution in [0.5, 0.6) is 5.75 Å². The largest absolute Gasteiger partial charge is 0.465 e. The third kappa shape index (κ3) is 34.3. The average molecular weight is 967 g/mol. The summed E-state index contributed by atoms with van der Waals surface area (Å²) in [7, 11) is 3.08. The van der Waals surface area contributed by atoms with E-state index in [0.717, 1.165) is 58.2 Å². The first kappa shape index (κ1) is 61.0. The van der Waals surface area contributed by atoms with Gasteiger partial charge in [-0.25, -0.2) is 4.79 Å². The van der Waals surface area contributed by atoms with Gasteiger partial charge < -0.3 is 33.9 Å². The van der Waals surface area contributed by atoms with Crippen LogP contribution in [0.2, 0.25) is 0 Å². The van der Waals surface area contributed by atoms with Crippen LogP contribution in [0.15, 0.2) is 24.3 Å². The van der Waals surface area contributed by atoms with E-state index in [1.54, 1.807) is 42.0 Å². The lowest BCUT2D eigenvalue weighted by Crippen LogP contribution is -2.41. The van der Waals surface area contributed by atoms with E-state index in [9.17, 15) is 24.0 Å². The number of likely N-dealkylation sites (N-methyl/N-ethyl adjacent to an activating group) is 1. The standard InChI is InChI=1S/C52H90N2O10S2/c1-6-10-12-14-16-18-20-22-24-26-28-30-47(55)62-43-52(5,44-63-48(56)31-29-27-25-23-21-19-17-15-13-11-7-2)50(58)64-46-34-32-45(33-35-46)42-49(57)60-38-40-65-66-41-39-61-51(59)53-36-37-54(8-3)9-4/h32-35H,6-31,36-44H2,1-5H3,(H,53,59). The van der Waals surface area contributed by atoms with Crippen LogP contribution in [-0.4, -0.2) is 99.0 Å². The minimum atomic E-state index is -1.43. The van der Waals surface area contributed by atoms with Crippen molar-refractivity contribution in [3.8, 4) is 5.75 Å². The van der Waals surface area contributed by atoms with Crippen molar-refractivity contribution in [2.45, 2.75) is 195 Å². The summed E-state index contributed by atoms with van der Waals surface area (Å²) in [4.78, 5) is 65.8. The number of amides is 1. The van der Waals surface area contributed by atoms with Crippen LogP contribution in [0.4, 0.5) is 4.79 Å². The van der Waals surface area contributed by atoms with E-state index in [1.807, 2.05) is 0 Å². The second kappa shape index (κ2) is 42.2. The smallest absolute Gasteiger partial charge is 0.407 e. The summed E-state index contributed by atoms with van der Waals surface area (Å²) in [5, 5.41) is 2.76. The van der Waals surface area contributed by atoms with Crippen molar-refractivity contribution in [3.63, 3.8) is 0 Å². The highest BCUT2D eigenvalue weighted by molar-refractivity contribution is 8.76. The molecular weight excluding hydrogens is 877 g/mol. The fourth-order valence-corrected chi connectivity index (χ4v) is 8.81. The first-order valence-corrected chi connectivity index (χ1v) is 28.2. The maximum atomic E-state index is 13.7. The number of nitrogens with one attached hydrogen (secondary N) is 1. The highest BCUT2D eigenvalue weighted by atomic mass is 33.1. The van der Waals surface area contributed by atoms with Crippen LogP contribution in [-0.2, 0) is 44.5 Å². The molecule has 0 bridgehead atoms. The number of carbonyl (C=O) groups is 5. The molecule has 1 amide bonds. The van der Waals surface area contributed by atoms with E-state index < -0.39 is 29.4 Å². The minimum absolute atomic E-state index is 0.0468. The molecule has 0 spiro atoms. The number of hydrogen-bond acceptors (Lipinski definition) is 13. The molecule has 1 aromatic rings. The van der Waals surface area contributed by atoms with Crippen molar-refractivity contribution < 1.29 is 47.7 Å². The normalized spacial score (nSPS) is 11.4. The van der Waals surface area contributed by atoms with Crippen molar-refractivity contribution in [1.29, 1.82) is 0 Å². The van der Waals surface area contributed by atoms with Gasteiger partial charge in [0.15, 0.2) is 0 Å². The van der Waals surface area contributed by atoms with Crippen molar-refractivity contribution in [2.24, 2.45) is 5.41 Å². The summed E-state index contributed by atoms with van der Waals surface area (Å²) in [5.41, 5.74) is -0.741. The number of benzene rings is 1. The Bertz CT molecular complexity index is 1350. The quantitative estimate of drug-likeness (QED) is 0.0218. The maximum absolute atomic E-state index is 13.7. The molecule has 0 aromatic heterocycles. The van der Waals surface area contributed by atoms with Crippen LogP contribution in [0.1, 0.15) is 194 Å². The lowest BCUT2D eigenvalue weighted by molar-refractivity contribution is -0.164. The van der Waals surface area contributed by atoms with Gasteiger partial charge in [-0.3, -0.25) is 19.2 Å². The second-order valence-corrected chi connectivity index (χ2v) is 20.3. The molecule has 0 saturated carbocycles. The maximum Gasteiger partial charge on any atom is 0.407 e. The van der Waals surface area contributed by atoms with Crippen molar-refractivity contribution in [2.75, 3.05) is 64.1 Å². The van der Waals surface area contributed by atoms with Gasteiger partial charge in [-0.1, -0.05) is 190 Å². The fraction of sp³-hybridized carbons (Fsp3) is 0.788. The van der Waals surface area contributed by atoms with E-state index in [4.69, 9.17) is 23.7 Å². The lowest BCUT2D eigenvalue weighted by atomic mass is 9.93. The highest BCUT2D eigenvalue weighted by Gasteiger charge is 2.39. The van der Waals surface area contributed by atoms with E-state index in [-0.39, 0.29) is 50.8 Å². The number of carbonyl (C=O) groups excluding carboxylic acids is 5. The summed E-state index contributed by atoms with van der Waals surface area (Å²) in [5.74, 6) is -0.394. The molecule has 1 aromatic carbocycles. The van der Waals surface area contributed by atoms with Gasteiger partial charge >= 0.3 is 30.0 Å². The summed E-state index contributed by atoms with van der Waals surface area (Å²) in [6, 6.07) is 6.56. The van der Waals surface area contributed by atoms with Gasteiger partial charge in [0.2, 0.25) is 0 Å². The molecule has 0 aliphatic carbocycles. The predicted octanol–water partition coefficient (Wildman–Crippen LogP) is 12.6. The Morgan fingerprint density at radius 1 is 0.545 bits per heavy atom. The van der Waals surface area contributed by atoms with Gasteiger partial charge in [0.25, 0.3) is 0 Å². The molecule has 0 unspecified atom stereocenters. The number of nitrogens with zero attached hydrogens (tertiary/aromatic N) is 1. The molecule has 0 aliphatic rings. The molecule has 0 fully saturated rings. The number of unbranched alkanes of at least 4 members (excludes halogenated alkanes) is 20. The third-order valence-electron chi connectivity index (χ3n) is 11.6. The molecule has 12 nitrogen and oxygen atoms in total. The molecule has 0 saturated heterocycles. The Morgan fingerprint density at radius 3 is 1.41 bits per heavy atom. The molecule has 0 aliphatic heterocycles. The number of rotatable bonds is 44.